The monoisotopic (exact) mass is 237 g/mol. The van der Waals surface area contributed by atoms with Crippen LogP contribution in [-0.2, 0) is 9.53 Å². The Kier molecular flexibility index (Phi) is 4.82. The van der Waals surface area contributed by atoms with E-state index in [0.717, 1.165) is 11.4 Å². The average Bonchev–Trinajstić information content (AvgIpc) is 2.27. The number of rotatable bonds is 5. The lowest BCUT2D eigenvalue weighted by Gasteiger charge is -2.19. The first-order chi connectivity index (χ1) is 8.02. The lowest BCUT2D eigenvalue weighted by atomic mass is 10.3. The van der Waals surface area contributed by atoms with E-state index in [4.69, 9.17) is 9.47 Å². The molecule has 0 atom stereocenters. The molecule has 0 aliphatic rings. The molecule has 0 radical (unpaired) electrons. The maximum Gasteiger partial charge on any atom is 0.325 e. The predicted molar refractivity (Wildman–Crippen MR) is 67.5 cm³/mol. The fourth-order valence-electron chi connectivity index (χ4n) is 1.43. The summed E-state index contributed by atoms with van der Waals surface area (Å²) in [7, 11) is 3.46. The van der Waals surface area contributed by atoms with Crippen molar-refractivity contribution in [3.05, 3.63) is 24.3 Å². The van der Waals surface area contributed by atoms with Crippen LogP contribution in [0.3, 0.4) is 0 Å². The predicted octanol–water partition coefficient (Wildman–Crippen LogP) is 2.08. The molecule has 0 unspecified atom stereocenters. The van der Waals surface area contributed by atoms with E-state index in [-0.39, 0.29) is 18.6 Å². The summed E-state index contributed by atoms with van der Waals surface area (Å²) < 4.78 is 10.2. The first-order valence-electron chi connectivity index (χ1n) is 5.57. The molecular weight excluding hydrogens is 218 g/mol. The zero-order valence-electron chi connectivity index (χ0n) is 10.8. The van der Waals surface area contributed by atoms with Gasteiger partial charge in [0.25, 0.3) is 0 Å². The third-order valence-corrected chi connectivity index (χ3v) is 2.23. The van der Waals surface area contributed by atoms with E-state index in [9.17, 15) is 4.79 Å². The molecule has 0 saturated heterocycles. The van der Waals surface area contributed by atoms with Crippen LogP contribution in [0.15, 0.2) is 24.3 Å². The van der Waals surface area contributed by atoms with Crippen LogP contribution in [-0.4, -0.2) is 32.8 Å². The summed E-state index contributed by atoms with van der Waals surface area (Å²) in [6.45, 7) is 3.90. The largest absolute Gasteiger partial charge is 0.497 e. The van der Waals surface area contributed by atoms with Crippen LogP contribution in [0.5, 0.6) is 5.75 Å². The van der Waals surface area contributed by atoms with Gasteiger partial charge in [-0.3, -0.25) is 4.79 Å². The standard InChI is InChI=1S/C13H19NO3/c1-10(2)17-13(15)9-14(3)11-6-5-7-12(8-11)16-4/h5-8,10H,9H2,1-4H3. The number of methoxy groups -OCH3 is 1. The lowest BCUT2D eigenvalue weighted by Crippen LogP contribution is -2.28. The van der Waals surface area contributed by atoms with Crippen LogP contribution in [0.25, 0.3) is 0 Å². The maximum absolute atomic E-state index is 11.5. The van der Waals surface area contributed by atoms with Crippen molar-refractivity contribution in [2.24, 2.45) is 0 Å². The van der Waals surface area contributed by atoms with Gasteiger partial charge in [0.15, 0.2) is 0 Å². The molecule has 1 aromatic carbocycles. The van der Waals surface area contributed by atoms with E-state index in [1.807, 2.05) is 50.1 Å². The number of anilines is 1. The Morgan fingerprint density at radius 1 is 1.41 bits per heavy atom. The summed E-state index contributed by atoms with van der Waals surface area (Å²) in [6.07, 6.45) is -0.0822. The Morgan fingerprint density at radius 3 is 2.71 bits per heavy atom. The quantitative estimate of drug-likeness (QED) is 0.735. The van der Waals surface area contributed by atoms with E-state index < -0.39 is 0 Å². The number of hydrogen-bond acceptors (Lipinski definition) is 4. The third kappa shape index (κ3) is 4.34. The summed E-state index contributed by atoms with van der Waals surface area (Å²) >= 11 is 0. The lowest BCUT2D eigenvalue weighted by molar-refractivity contribution is -0.145. The Bertz CT molecular complexity index is 377. The van der Waals surface area contributed by atoms with E-state index in [2.05, 4.69) is 0 Å². The molecule has 1 rings (SSSR count). The van der Waals surface area contributed by atoms with Crippen LogP contribution >= 0.6 is 0 Å². The molecule has 0 aliphatic heterocycles. The fourth-order valence-corrected chi connectivity index (χ4v) is 1.43. The van der Waals surface area contributed by atoms with E-state index >= 15 is 0 Å². The second kappa shape index (κ2) is 6.13. The second-order valence-electron chi connectivity index (χ2n) is 4.10. The smallest absolute Gasteiger partial charge is 0.325 e. The molecule has 0 aliphatic carbocycles. The first kappa shape index (κ1) is 13.4. The van der Waals surface area contributed by atoms with Gasteiger partial charge in [0.05, 0.1) is 13.2 Å². The number of likely N-dealkylation sites (N-methyl/N-ethyl adjacent to an activating group) is 1. The Hall–Kier alpha value is -1.71. The summed E-state index contributed by atoms with van der Waals surface area (Å²) in [4.78, 5) is 13.3. The van der Waals surface area contributed by atoms with Gasteiger partial charge in [0.1, 0.15) is 12.3 Å². The van der Waals surface area contributed by atoms with Crippen LogP contribution in [0, 0.1) is 0 Å². The number of nitrogens with zero attached hydrogens (tertiary/aromatic N) is 1. The summed E-state index contributed by atoms with van der Waals surface area (Å²) in [5, 5.41) is 0. The van der Waals surface area contributed by atoms with Crippen molar-refractivity contribution in [1.29, 1.82) is 0 Å². The maximum atomic E-state index is 11.5. The molecule has 4 heteroatoms. The van der Waals surface area contributed by atoms with Gasteiger partial charge in [0, 0.05) is 18.8 Å². The minimum atomic E-state index is -0.231. The fraction of sp³-hybridized carbons (Fsp3) is 0.462. The normalized spacial score (nSPS) is 10.2. The Balaban J connectivity index is 2.62. The first-order valence-corrected chi connectivity index (χ1v) is 5.57. The van der Waals surface area contributed by atoms with Crippen molar-refractivity contribution in [2.45, 2.75) is 20.0 Å². The van der Waals surface area contributed by atoms with Gasteiger partial charge in [-0.15, -0.1) is 0 Å². The molecule has 0 spiro atoms. The van der Waals surface area contributed by atoms with Crippen molar-refractivity contribution in [1.82, 2.24) is 0 Å². The molecule has 4 nitrogen and oxygen atoms in total. The summed E-state index contributed by atoms with van der Waals surface area (Å²) in [5.41, 5.74) is 0.921. The average molecular weight is 237 g/mol. The number of carbonyl (C=O) groups excluding carboxylic acids is 1. The number of benzene rings is 1. The van der Waals surface area contributed by atoms with Crippen molar-refractivity contribution in [3.8, 4) is 5.75 Å². The zero-order valence-corrected chi connectivity index (χ0v) is 10.8. The number of ether oxygens (including phenoxy) is 2. The van der Waals surface area contributed by atoms with Crippen LogP contribution < -0.4 is 9.64 Å². The molecule has 17 heavy (non-hydrogen) atoms. The number of hydrogen-bond donors (Lipinski definition) is 0. The van der Waals surface area contributed by atoms with Gasteiger partial charge in [-0.1, -0.05) is 6.07 Å². The molecule has 0 saturated carbocycles. The third-order valence-electron chi connectivity index (χ3n) is 2.23. The van der Waals surface area contributed by atoms with Crippen LogP contribution in [0.1, 0.15) is 13.8 Å². The van der Waals surface area contributed by atoms with Crippen molar-refractivity contribution in [2.75, 3.05) is 25.6 Å². The minimum Gasteiger partial charge on any atom is -0.497 e. The van der Waals surface area contributed by atoms with E-state index in [0.29, 0.717) is 0 Å². The van der Waals surface area contributed by atoms with Gasteiger partial charge in [-0.25, -0.2) is 0 Å². The van der Waals surface area contributed by atoms with Gasteiger partial charge in [-0.2, -0.15) is 0 Å². The Morgan fingerprint density at radius 2 is 2.12 bits per heavy atom. The molecule has 0 bridgehead atoms. The molecule has 0 amide bonds. The summed E-state index contributed by atoms with van der Waals surface area (Å²) in [6, 6.07) is 7.55. The molecule has 0 aromatic heterocycles. The molecule has 0 N–H and O–H groups in total. The van der Waals surface area contributed by atoms with E-state index in [1.54, 1.807) is 7.11 Å². The van der Waals surface area contributed by atoms with Gasteiger partial charge in [-0.05, 0) is 26.0 Å². The van der Waals surface area contributed by atoms with Gasteiger partial charge in [0.2, 0.25) is 0 Å². The highest BCUT2D eigenvalue weighted by atomic mass is 16.5. The van der Waals surface area contributed by atoms with Crippen molar-refractivity contribution in [3.63, 3.8) is 0 Å². The number of carbonyl (C=O) groups is 1. The molecule has 0 fully saturated rings. The summed E-state index contributed by atoms with van der Waals surface area (Å²) in [5.74, 6) is 0.539. The highest BCUT2D eigenvalue weighted by molar-refractivity contribution is 5.76. The van der Waals surface area contributed by atoms with Crippen LogP contribution in [0.4, 0.5) is 5.69 Å². The minimum absolute atomic E-state index is 0.0822. The molecule has 0 heterocycles. The molecule has 94 valence electrons. The molecular formula is C13H19NO3. The molecule has 1 aromatic rings. The van der Waals surface area contributed by atoms with Crippen molar-refractivity contribution >= 4 is 11.7 Å². The second-order valence-corrected chi connectivity index (χ2v) is 4.10. The van der Waals surface area contributed by atoms with Crippen molar-refractivity contribution < 1.29 is 14.3 Å². The van der Waals surface area contributed by atoms with Gasteiger partial charge < -0.3 is 14.4 Å². The zero-order chi connectivity index (χ0) is 12.8. The topological polar surface area (TPSA) is 38.8 Å². The van der Waals surface area contributed by atoms with Crippen LogP contribution in [0.2, 0.25) is 0 Å². The Labute approximate surface area is 102 Å². The van der Waals surface area contributed by atoms with E-state index in [1.165, 1.54) is 0 Å². The number of esters is 1. The highest BCUT2D eigenvalue weighted by Gasteiger charge is 2.10. The SMILES string of the molecule is COc1cccc(N(C)CC(=O)OC(C)C)c1. The highest BCUT2D eigenvalue weighted by Crippen LogP contribution is 2.19. The van der Waals surface area contributed by atoms with Gasteiger partial charge >= 0.3 is 5.97 Å².